The zero-order valence-corrected chi connectivity index (χ0v) is 16.2. The molecule has 0 aliphatic carbocycles. The van der Waals surface area contributed by atoms with Gasteiger partial charge in [-0.05, 0) is 48.6 Å². The standard InChI is InChI=1S/C22H24N4O/c1-13(2)18-8-6-5-7-16(18)11-26-12-24-22-19(23)9-17(10-20(22)26)21-14(3)25-27-15(21)4/h5-10,12-13H,11,23H2,1-4H3. The zero-order valence-electron chi connectivity index (χ0n) is 16.2. The highest BCUT2D eigenvalue weighted by Gasteiger charge is 2.16. The summed E-state index contributed by atoms with van der Waals surface area (Å²) in [7, 11) is 0. The van der Waals surface area contributed by atoms with Gasteiger partial charge < -0.3 is 14.8 Å². The Morgan fingerprint density at radius 1 is 1.15 bits per heavy atom. The molecule has 0 saturated carbocycles. The van der Waals surface area contributed by atoms with E-state index in [1.807, 2.05) is 26.2 Å². The van der Waals surface area contributed by atoms with Crippen LogP contribution in [-0.2, 0) is 6.54 Å². The van der Waals surface area contributed by atoms with Gasteiger partial charge >= 0.3 is 0 Å². The van der Waals surface area contributed by atoms with Crippen LogP contribution in [0, 0.1) is 13.8 Å². The first kappa shape index (κ1) is 17.3. The molecular formula is C22H24N4O. The lowest BCUT2D eigenvalue weighted by atomic mass is 9.97. The first-order valence-corrected chi connectivity index (χ1v) is 9.21. The molecule has 4 rings (SSSR count). The summed E-state index contributed by atoms with van der Waals surface area (Å²) >= 11 is 0. The van der Waals surface area contributed by atoms with Crippen molar-refractivity contribution in [3.05, 3.63) is 65.3 Å². The maximum atomic E-state index is 6.32. The van der Waals surface area contributed by atoms with Gasteiger partial charge in [0.2, 0.25) is 0 Å². The molecule has 0 bridgehead atoms. The molecule has 0 saturated heterocycles. The van der Waals surface area contributed by atoms with Crippen LogP contribution in [0.4, 0.5) is 5.69 Å². The topological polar surface area (TPSA) is 69.9 Å². The fraction of sp³-hybridized carbons (Fsp3) is 0.273. The Morgan fingerprint density at radius 2 is 1.93 bits per heavy atom. The molecule has 0 aliphatic heterocycles. The van der Waals surface area contributed by atoms with E-state index in [0.29, 0.717) is 11.6 Å². The third-order valence-electron chi connectivity index (χ3n) is 5.09. The molecular weight excluding hydrogens is 336 g/mol. The van der Waals surface area contributed by atoms with Crippen LogP contribution in [0.25, 0.3) is 22.2 Å². The van der Waals surface area contributed by atoms with Gasteiger partial charge in [0.1, 0.15) is 11.3 Å². The van der Waals surface area contributed by atoms with Crippen LogP contribution in [0.15, 0.2) is 47.2 Å². The second kappa shape index (κ2) is 6.58. The summed E-state index contributed by atoms with van der Waals surface area (Å²) in [6.07, 6.45) is 1.87. The molecule has 0 amide bonds. The largest absolute Gasteiger partial charge is 0.397 e. The molecule has 2 heterocycles. The van der Waals surface area contributed by atoms with Gasteiger partial charge in [0.15, 0.2) is 0 Å². The van der Waals surface area contributed by atoms with Gasteiger partial charge in [0.05, 0.1) is 23.2 Å². The summed E-state index contributed by atoms with van der Waals surface area (Å²) in [5.74, 6) is 1.27. The fourth-order valence-corrected chi connectivity index (χ4v) is 3.78. The second-order valence-corrected chi connectivity index (χ2v) is 7.36. The van der Waals surface area contributed by atoms with Crippen molar-refractivity contribution < 1.29 is 4.52 Å². The second-order valence-electron chi connectivity index (χ2n) is 7.36. The molecule has 27 heavy (non-hydrogen) atoms. The molecule has 0 unspecified atom stereocenters. The minimum atomic E-state index is 0.471. The minimum absolute atomic E-state index is 0.471. The van der Waals surface area contributed by atoms with Crippen LogP contribution in [0.1, 0.15) is 42.3 Å². The number of imidazole rings is 1. The molecule has 2 aromatic carbocycles. The van der Waals surface area contributed by atoms with Gasteiger partial charge in [-0.3, -0.25) is 0 Å². The number of anilines is 1. The number of aryl methyl sites for hydroxylation is 2. The van der Waals surface area contributed by atoms with E-state index in [-0.39, 0.29) is 0 Å². The van der Waals surface area contributed by atoms with Crippen molar-refractivity contribution in [2.45, 2.75) is 40.2 Å². The Morgan fingerprint density at radius 3 is 2.63 bits per heavy atom. The van der Waals surface area contributed by atoms with Crippen molar-refractivity contribution >= 4 is 16.7 Å². The van der Waals surface area contributed by atoms with Crippen LogP contribution in [0.2, 0.25) is 0 Å². The highest BCUT2D eigenvalue weighted by atomic mass is 16.5. The van der Waals surface area contributed by atoms with Gasteiger partial charge in [0, 0.05) is 12.1 Å². The zero-order chi connectivity index (χ0) is 19.1. The molecule has 2 N–H and O–H groups in total. The van der Waals surface area contributed by atoms with E-state index in [9.17, 15) is 0 Å². The van der Waals surface area contributed by atoms with Gasteiger partial charge in [0.25, 0.3) is 0 Å². The lowest BCUT2D eigenvalue weighted by Gasteiger charge is -2.14. The van der Waals surface area contributed by atoms with E-state index in [1.165, 1.54) is 11.1 Å². The lowest BCUT2D eigenvalue weighted by molar-refractivity contribution is 0.393. The monoisotopic (exact) mass is 360 g/mol. The molecule has 0 fully saturated rings. The fourth-order valence-electron chi connectivity index (χ4n) is 3.78. The average molecular weight is 360 g/mol. The molecule has 4 aromatic rings. The van der Waals surface area contributed by atoms with E-state index < -0.39 is 0 Å². The van der Waals surface area contributed by atoms with E-state index in [4.69, 9.17) is 10.3 Å². The van der Waals surface area contributed by atoms with Crippen molar-refractivity contribution in [2.75, 3.05) is 5.73 Å². The highest BCUT2D eigenvalue weighted by molar-refractivity contribution is 5.92. The minimum Gasteiger partial charge on any atom is -0.397 e. The van der Waals surface area contributed by atoms with Crippen LogP contribution in [-0.4, -0.2) is 14.7 Å². The van der Waals surface area contributed by atoms with Crippen molar-refractivity contribution in [2.24, 2.45) is 0 Å². The number of nitrogen functional groups attached to an aromatic ring is 1. The van der Waals surface area contributed by atoms with E-state index in [2.05, 4.69) is 58.9 Å². The molecule has 0 atom stereocenters. The molecule has 5 heteroatoms. The summed E-state index contributed by atoms with van der Waals surface area (Å²) < 4.78 is 7.50. The summed E-state index contributed by atoms with van der Waals surface area (Å²) in [4.78, 5) is 4.56. The Balaban J connectivity index is 1.84. The van der Waals surface area contributed by atoms with Gasteiger partial charge in [-0.1, -0.05) is 43.3 Å². The molecule has 0 spiro atoms. The number of aromatic nitrogens is 3. The summed E-state index contributed by atoms with van der Waals surface area (Å²) in [6.45, 7) is 9.07. The number of hydrogen-bond acceptors (Lipinski definition) is 4. The van der Waals surface area contributed by atoms with Gasteiger partial charge in [-0.2, -0.15) is 0 Å². The number of rotatable bonds is 4. The Kier molecular flexibility index (Phi) is 4.22. The summed E-state index contributed by atoms with van der Waals surface area (Å²) in [5.41, 5.74) is 14.4. The number of nitrogens with two attached hydrogens (primary N) is 1. The Hall–Kier alpha value is -3.08. The number of nitrogens with zero attached hydrogens (tertiary/aromatic N) is 3. The Bertz CT molecular complexity index is 1100. The van der Waals surface area contributed by atoms with Crippen molar-refractivity contribution in [1.29, 1.82) is 0 Å². The van der Waals surface area contributed by atoms with E-state index in [0.717, 1.165) is 40.2 Å². The molecule has 0 aliphatic rings. The molecule has 2 aromatic heterocycles. The Labute approximate surface area is 158 Å². The molecule has 138 valence electrons. The molecule has 0 radical (unpaired) electrons. The average Bonchev–Trinajstić information content (AvgIpc) is 3.19. The molecule has 5 nitrogen and oxygen atoms in total. The van der Waals surface area contributed by atoms with Gasteiger partial charge in [-0.15, -0.1) is 0 Å². The third-order valence-corrected chi connectivity index (χ3v) is 5.09. The predicted molar refractivity (Wildman–Crippen MR) is 109 cm³/mol. The third kappa shape index (κ3) is 2.99. The normalized spacial score (nSPS) is 11.6. The van der Waals surface area contributed by atoms with Gasteiger partial charge in [-0.25, -0.2) is 4.98 Å². The first-order valence-electron chi connectivity index (χ1n) is 9.21. The first-order chi connectivity index (χ1) is 13.0. The number of fused-ring (bicyclic) bond motifs is 1. The van der Waals surface area contributed by atoms with Crippen LogP contribution in [0.3, 0.4) is 0 Å². The summed E-state index contributed by atoms with van der Waals surface area (Å²) in [5, 5.41) is 4.07. The maximum Gasteiger partial charge on any atom is 0.141 e. The van der Waals surface area contributed by atoms with Crippen LogP contribution < -0.4 is 5.73 Å². The number of benzene rings is 2. The van der Waals surface area contributed by atoms with Crippen molar-refractivity contribution in [3.63, 3.8) is 0 Å². The number of hydrogen-bond donors (Lipinski definition) is 1. The van der Waals surface area contributed by atoms with Crippen molar-refractivity contribution in [3.8, 4) is 11.1 Å². The highest BCUT2D eigenvalue weighted by Crippen LogP contribution is 2.33. The van der Waals surface area contributed by atoms with E-state index >= 15 is 0 Å². The smallest absolute Gasteiger partial charge is 0.141 e. The van der Waals surface area contributed by atoms with Crippen LogP contribution >= 0.6 is 0 Å². The van der Waals surface area contributed by atoms with Crippen LogP contribution in [0.5, 0.6) is 0 Å². The quantitative estimate of drug-likeness (QED) is 0.516. The lowest BCUT2D eigenvalue weighted by Crippen LogP contribution is -2.03. The van der Waals surface area contributed by atoms with E-state index in [1.54, 1.807) is 0 Å². The summed E-state index contributed by atoms with van der Waals surface area (Å²) in [6, 6.07) is 12.6. The SMILES string of the molecule is Cc1noc(C)c1-c1cc(N)c2ncn(Cc3ccccc3C(C)C)c2c1. The van der Waals surface area contributed by atoms with Crippen molar-refractivity contribution in [1.82, 2.24) is 14.7 Å². The maximum absolute atomic E-state index is 6.32. The predicted octanol–water partition coefficient (Wildman–Crippen LogP) is 5.06.